The smallest absolute Gasteiger partial charge is 0.115 e. The zero-order valence-corrected chi connectivity index (χ0v) is 8.46. The molecule has 76 valence electrons. The van der Waals surface area contributed by atoms with Gasteiger partial charge < -0.3 is 4.57 Å². The first-order valence-corrected chi connectivity index (χ1v) is 5.20. The predicted octanol–water partition coefficient (Wildman–Crippen LogP) is 2.82. The van der Waals surface area contributed by atoms with Crippen molar-refractivity contribution < 1.29 is 0 Å². The maximum absolute atomic E-state index is 4.03. The third-order valence-corrected chi connectivity index (χ3v) is 3.05. The zero-order valence-electron chi connectivity index (χ0n) is 8.46. The molecule has 0 saturated heterocycles. The molecule has 0 saturated carbocycles. The molecule has 1 aromatic carbocycles. The minimum atomic E-state index is 0.766. The van der Waals surface area contributed by atoms with Crippen LogP contribution in [0.5, 0.6) is 0 Å². The standard InChI is InChI=1S/C12H8N4/c1-2-4-12-8(3-1)5-9-6-10-11(7-16(9)12)14-15-13-10/h1-6H,7H2. The maximum atomic E-state index is 4.03. The van der Waals surface area contributed by atoms with Gasteiger partial charge in [-0.1, -0.05) is 18.2 Å². The van der Waals surface area contributed by atoms with Crippen molar-refractivity contribution in [2.75, 3.05) is 0 Å². The van der Waals surface area contributed by atoms with E-state index in [1.807, 2.05) is 6.08 Å². The summed E-state index contributed by atoms with van der Waals surface area (Å²) in [6.07, 6.45) is 2.04. The van der Waals surface area contributed by atoms with Crippen LogP contribution in [0.2, 0.25) is 0 Å². The van der Waals surface area contributed by atoms with E-state index in [1.165, 1.54) is 16.6 Å². The number of allylic oxidation sites excluding steroid dienone is 1. The van der Waals surface area contributed by atoms with Gasteiger partial charge in [0.15, 0.2) is 0 Å². The van der Waals surface area contributed by atoms with Gasteiger partial charge in [-0.3, -0.25) is 0 Å². The Morgan fingerprint density at radius 1 is 1.19 bits per heavy atom. The van der Waals surface area contributed by atoms with Gasteiger partial charge in [0.2, 0.25) is 0 Å². The fraction of sp³-hybridized carbons (Fsp3) is 0.0833. The monoisotopic (exact) mass is 208 g/mol. The first-order valence-electron chi connectivity index (χ1n) is 5.20. The molecule has 0 bridgehead atoms. The van der Waals surface area contributed by atoms with Gasteiger partial charge in [-0.2, -0.15) is 0 Å². The van der Waals surface area contributed by atoms with E-state index in [0.717, 1.165) is 18.0 Å². The molecule has 4 rings (SSSR count). The fourth-order valence-electron chi connectivity index (χ4n) is 2.28. The summed E-state index contributed by atoms with van der Waals surface area (Å²) < 4.78 is 2.24. The van der Waals surface area contributed by atoms with E-state index in [1.54, 1.807) is 0 Å². The highest BCUT2D eigenvalue weighted by molar-refractivity contribution is 6.06. The topological polar surface area (TPSA) is 42.0 Å². The molecule has 0 aliphatic carbocycles. The molecular formula is C12H8N4. The van der Waals surface area contributed by atoms with E-state index in [-0.39, 0.29) is 0 Å². The Kier molecular flexibility index (Phi) is 1.33. The Morgan fingerprint density at radius 3 is 3.12 bits per heavy atom. The zero-order chi connectivity index (χ0) is 10.5. The molecule has 0 fully saturated rings. The number of nitrogens with zero attached hydrogens (tertiary/aromatic N) is 4. The van der Waals surface area contributed by atoms with E-state index >= 15 is 0 Å². The lowest BCUT2D eigenvalue weighted by atomic mass is 10.2. The highest BCUT2D eigenvalue weighted by Crippen LogP contribution is 2.28. The molecule has 16 heavy (non-hydrogen) atoms. The molecular weight excluding hydrogens is 200 g/mol. The number of hydrogen-bond donors (Lipinski definition) is 0. The Labute approximate surface area is 91.6 Å². The Balaban J connectivity index is 2.06. The maximum Gasteiger partial charge on any atom is 0.115 e. The van der Waals surface area contributed by atoms with Crippen molar-refractivity contribution in [3.63, 3.8) is 0 Å². The molecule has 0 spiro atoms. The summed E-state index contributed by atoms with van der Waals surface area (Å²) in [5.74, 6) is 0. The van der Waals surface area contributed by atoms with Crippen molar-refractivity contribution in [1.82, 2.24) is 4.57 Å². The van der Waals surface area contributed by atoms with Gasteiger partial charge in [0.1, 0.15) is 11.4 Å². The molecule has 4 nitrogen and oxygen atoms in total. The second-order valence-corrected chi connectivity index (χ2v) is 3.98. The van der Waals surface area contributed by atoms with E-state index in [9.17, 15) is 0 Å². The first-order chi connectivity index (χ1) is 7.92. The van der Waals surface area contributed by atoms with Crippen molar-refractivity contribution in [2.45, 2.75) is 6.54 Å². The van der Waals surface area contributed by atoms with Gasteiger partial charge in [0, 0.05) is 16.6 Å². The van der Waals surface area contributed by atoms with Crippen LogP contribution in [0.25, 0.3) is 17.0 Å². The van der Waals surface area contributed by atoms with Crippen molar-refractivity contribution in [3.05, 3.63) is 41.7 Å². The van der Waals surface area contributed by atoms with Gasteiger partial charge in [-0.25, -0.2) is 0 Å². The summed E-state index contributed by atoms with van der Waals surface area (Å²) in [5.41, 5.74) is 4.27. The van der Waals surface area contributed by atoms with Gasteiger partial charge in [-0.15, -0.1) is 10.2 Å². The molecule has 3 heterocycles. The summed E-state index contributed by atoms with van der Waals surface area (Å²) in [6.45, 7) is 0.766. The Hall–Kier alpha value is -2.23. The average Bonchev–Trinajstić information content (AvgIpc) is 2.88. The third-order valence-electron chi connectivity index (χ3n) is 3.05. The highest BCUT2D eigenvalue weighted by atomic mass is 15.4. The van der Waals surface area contributed by atoms with Gasteiger partial charge >= 0.3 is 0 Å². The molecule has 0 N–H and O–H groups in total. The minimum absolute atomic E-state index is 0.766. The van der Waals surface area contributed by atoms with Crippen LogP contribution >= 0.6 is 0 Å². The van der Waals surface area contributed by atoms with E-state index in [2.05, 4.69) is 50.3 Å². The first kappa shape index (κ1) is 7.98. The van der Waals surface area contributed by atoms with Crippen LogP contribution in [0, 0.1) is 0 Å². The van der Waals surface area contributed by atoms with E-state index in [0.29, 0.717) is 0 Å². The molecule has 0 atom stereocenters. The molecule has 2 aliphatic rings. The number of fused-ring (bicyclic) bond motifs is 4. The normalized spacial score (nSPS) is 17.0. The van der Waals surface area contributed by atoms with Crippen molar-refractivity contribution in [1.29, 1.82) is 0 Å². The van der Waals surface area contributed by atoms with E-state index in [4.69, 9.17) is 0 Å². The largest absolute Gasteiger partial charge is 0.335 e. The lowest BCUT2D eigenvalue weighted by Gasteiger charge is -2.12. The van der Waals surface area contributed by atoms with Crippen LogP contribution in [-0.4, -0.2) is 10.3 Å². The van der Waals surface area contributed by atoms with Crippen LogP contribution in [0.1, 0.15) is 5.69 Å². The van der Waals surface area contributed by atoms with Crippen molar-refractivity contribution in [3.8, 4) is 0 Å². The number of rotatable bonds is 0. The van der Waals surface area contributed by atoms with Crippen LogP contribution < -0.4 is 0 Å². The third kappa shape index (κ3) is 0.908. The number of aromatic nitrogens is 1. The van der Waals surface area contributed by atoms with Gasteiger partial charge in [0.25, 0.3) is 0 Å². The second kappa shape index (κ2) is 2.66. The summed E-state index contributed by atoms with van der Waals surface area (Å²) in [6, 6.07) is 10.5. The van der Waals surface area contributed by atoms with Crippen molar-refractivity contribution >= 4 is 22.7 Å². The van der Waals surface area contributed by atoms with Crippen LogP contribution in [-0.2, 0) is 6.54 Å². The Bertz CT molecular complexity index is 688. The molecule has 2 aliphatic heterocycles. The molecule has 4 heteroatoms. The summed E-state index contributed by atoms with van der Waals surface area (Å²) in [4.78, 5) is 0. The van der Waals surface area contributed by atoms with Crippen molar-refractivity contribution in [2.24, 2.45) is 15.4 Å². The summed E-state index contributed by atoms with van der Waals surface area (Å²) >= 11 is 0. The van der Waals surface area contributed by atoms with E-state index < -0.39 is 0 Å². The lowest BCUT2D eigenvalue weighted by Crippen LogP contribution is -2.15. The summed E-state index contributed by atoms with van der Waals surface area (Å²) in [5, 5.41) is 13.0. The van der Waals surface area contributed by atoms with Gasteiger partial charge in [-0.05, 0) is 23.4 Å². The number of benzene rings is 1. The highest BCUT2D eigenvalue weighted by Gasteiger charge is 2.21. The van der Waals surface area contributed by atoms with Crippen LogP contribution in [0.3, 0.4) is 0 Å². The van der Waals surface area contributed by atoms with Gasteiger partial charge in [0.05, 0.1) is 6.54 Å². The lowest BCUT2D eigenvalue weighted by molar-refractivity contribution is 0.875. The number of para-hydroxylation sites is 1. The molecule has 1 aromatic heterocycles. The molecule has 0 amide bonds. The average molecular weight is 208 g/mol. The van der Waals surface area contributed by atoms with Crippen LogP contribution in [0.4, 0.5) is 0 Å². The quantitative estimate of drug-likeness (QED) is 0.639. The fourth-order valence-corrected chi connectivity index (χ4v) is 2.28. The predicted molar refractivity (Wildman–Crippen MR) is 62.2 cm³/mol. The minimum Gasteiger partial charge on any atom is -0.335 e. The Morgan fingerprint density at radius 2 is 2.12 bits per heavy atom. The molecule has 2 aromatic rings. The molecule has 0 radical (unpaired) electrons. The van der Waals surface area contributed by atoms with Crippen LogP contribution in [0.15, 0.2) is 51.5 Å². The second-order valence-electron chi connectivity index (χ2n) is 3.98. The summed E-state index contributed by atoms with van der Waals surface area (Å²) in [7, 11) is 0. The molecule has 0 unspecified atom stereocenters. The number of hydrogen-bond acceptors (Lipinski definition) is 3. The SMILES string of the molecule is C1=C2N=NN=C2Cn2c1cc1ccccc12.